The topological polar surface area (TPSA) is 93.6 Å². The van der Waals surface area contributed by atoms with Crippen molar-refractivity contribution in [1.82, 2.24) is 4.98 Å². The van der Waals surface area contributed by atoms with Crippen LogP contribution in [0.15, 0.2) is 77.8 Å². The molecule has 1 N–H and O–H groups in total. The van der Waals surface area contributed by atoms with E-state index < -0.39 is 39.3 Å². The highest BCUT2D eigenvalue weighted by Gasteiger charge is 2.60. The summed E-state index contributed by atoms with van der Waals surface area (Å²) in [5, 5.41) is 9.28. The molecule has 216 valence electrons. The standard InChI is InChI=1S/C31H23F4NO5S/c1-42(39,40)21-8-6-17(7-9-21)16-2-4-18(5-3-16)22-11-20(26(32)13-25(22)31(33,34)35)15-41-27-12-19-10-23-28(24(19)14-36-27)29(23)30(37)38/h2-9,11-14,23,28-29H,10,15H2,1H3,(H,37,38)/t23-,28-,29+/m1/s1. The molecule has 1 heterocycles. The van der Waals surface area contributed by atoms with Crippen LogP contribution in [-0.4, -0.2) is 30.7 Å². The molecule has 0 spiro atoms. The second-order valence-corrected chi connectivity index (χ2v) is 12.6. The summed E-state index contributed by atoms with van der Waals surface area (Å²) in [6.07, 6.45) is -1.58. The summed E-state index contributed by atoms with van der Waals surface area (Å²) in [4.78, 5) is 15.7. The van der Waals surface area contributed by atoms with Gasteiger partial charge in [0.2, 0.25) is 5.88 Å². The number of carboxylic acids is 1. The van der Waals surface area contributed by atoms with Gasteiger partial charge >= 0.3 is 12.1 Å². The van der Waals surface area contributed by atoms with Gasteiger partial charge in [-0.25, -0.2) is 17.8 Å². The normalized spacial score (nSPS) is 19.2. The Morgan fingerprint density at radius 2 is 1.62 bits per heavy atom. The van der Waals surface area contributed by atoms with Crippen LogP contribution in [0.2, 0.25) is 0 Å². The number of carbonyl (C=O) groups is 1. The average molecular weight is 598 g/mol. The number of aromatic nitrogens is 1. The number of halogens is 4. The van der Waals surface area contributed by atoms with Crippen LogP contribution in [0.5, 0.6) is 5.88 Å². The van der Waals surface area contributed by atoms with Crippen LogP contribution in [0.4, 0.5) is 17.6 Å². The zero-order valence-corrected chi connectivity index (χ0v) is 22.8. The number of fused-ring (bicyclic) bond motifs is 3. The zero-order chi connectivity index (χ0) is 30.0. The van der Waals surface area contributed by atoms with E-state index in [4.69, 9.17) is 4.74 Å². The molecule has 0 bridgehead atoms. The van der Waals surface area contributed by atoms with E-state index >= 15 is 0 Å². The van der Waals surface area contributed by atoms with Gasteiger partial charge in [-0.3, -0.25) is 4.79 Å². The Morgan fingerprint density at radius 3 is 2.21 bits per heavy atom. The van der Waals surface area contributed by atoms with Crippen LogP contribution < -0.4 is 4.74 Å². The third-order valence-corrected chi connectivity index (χ3v) is 9.08. The van der Waals surface area contributed by atoms with E-state index in [9.17, 15) is 35.9 Å². The van der Waals surface area contributed by atoms with Crippen LogP contribution in [0.3, 0.4) is 0 Å². The number of hydrogen-bond donors (Lipinski definition) is 1. The molecule has 0 saturated heterocycles. The summed E-state index contributed by atoms with van der Waals surface area (Å²) in [5.74, 6) is -2.16. The molecule has 0 unspecified atom stereocenters. The van der Waals surface area contributed by atoms with Crippen molar-refractivity contribution in [3.63, 3.8) is 0 Å². The van der Waals surface area contributed by atoms with E-state index in [2.05, 4.69) is 4.98 Å². The first-order valence-electron chi connectivity index (χ1n) is 13.0. The second-order valence-electron chi connectivity index (χ2n) is 10.6. The predicted molar refractivity (Wildman–Crippen MR) is 145 cm³/mol. The van der Waals surface area contributed by atoms with Gasteiger partial charge in [-0.2, -0.15) is 13.2 Å². The van der Waals surface area contributed by atoms with Gasteiger partial charge in [-0.15, -0.1) is 0 Å². The maximum atomic E-state index is 14.9. The molecule has 2 aliphatic rings. The Bertz CT molecular complexity index is 1820. The fourth-order valence-corrected chi connectivity index (χ4v) is 6.41. The smallest absolute Gasteiger partial charge is 0.417 e. The average Bonchev–Trinajstić information content (AvgIpc) is 3.53. The molecule has 6 rings (SSSR count). The van der Waals surface area contributed by atoms with Crippen molar-refractivity contribution in [2.75, 3.05) is 6.26 Å². The van der Waals surface area contributed by atoms with Crippen molar-refractivity contribution < 1.29 is 40.6 Å². The molecule has 42 heavy (non-hydrogen) atoms. The summed E-state index contributed by atoms with van der Waals surface area (Å²) in [6.45, 7) is -0.363. The van der Waals surface area contributed by atoms with Crippen molar-refractivity contribution in [2.45, 2.75) is 30.0 Å². The third kappa shape index (κ3) is 5.13. The van der Waals surface area contributed by atoms with Crippen LogP contribution in [0, 0.1) is 17.7 Å². The van der Waals surface area contributed by atoms with Crippen molar-refractivity contribution in [3.05, 3.63) is 101 Å². The van der Waals surface area contributed by atoms with E-state index in [0.29, 0.717) is 23.6 Å². The van der Waals surface area contributed by atoms with Gasteiger partial charge in [-0.1, -0.05) is 36.4 Å². The van der Waals surface area contributed by atoms with Gasteiger partial charge < -0.3 is 9.84 Å². The van der Waals surface area contributed by atoms with Crippen LogP contribution in [0.25, 0.3) is 22.3 Å². The monoisotopic (exact) mass is 597 g/mol. The maximum absolute atomic E-state index is 14.9. The molecule has 11 heteroatoms. The Labute approximate surface area is 238 Å². The predicted octanol–water partition coefficient (Wildman–Crippen LogP) is 6.53. The van der Waals surface area contributed by atoms with Gasteiger partial charge in [0.15, 0.2) is 9.84 Å². The summed E-state index contributed by atoms with van der Waals surface area (Å²) < 4.78 is 85.7. The van der Waals surface area contributed by atoms with Gasteiger partial charge in [0, 0.05) is 30.0 Å². The number of pyridine rings is 1. The number of aliphatic carboxylic acids is 1. The molecule has 1 aromatic heterocycles. The number of hydrogen-bond acceptors (Lipinski definition) is 5. The lowest BCUT2D eigenvalue weighted by Crippen LogP contribution is -2.10. The molecule has 1 saturated carbocycles. The zero-order valence-electron chi connectivity index (χ0n) is 22.0. The van der Waals surface area contributed by atoms with Crippen LogP contribution >= 0.6 is 0 Å². The van der Waals surface area contributed by atoms with Crippen LogP contribution in [0.1, 0.15) is 28.2 Å². The largest absolute Gasteiger partial charge is 0.481 e. The Hall–Kier alpha value is -4.25. The lowest BCUT2D eigenvalue weighted by atomic mass is 9.94. The minimum Gasteiger partial charge on any atom is -0.481 e. The summed E-state index contributed by atoms with van der Waals surface area (Å²) in [6, 6.07) is 15.6. The Balaban J connectivity index is 1.25. The molecule has 6 nitrogen and oxygen atoms in total. The van der Waals surface area contributed by atoms with Gasteiger partial charge in [0.05, 0.1) is 16.4 Å². The highest BCUT2D eigenvalue weighted by molar-refractivity contribution is 7.90. The fourth-order valence-electron chi connectivity index (χ4n) is 5.77. The molecule has 3 atom stereocenters. The second kappa shape index (κ2) is 9.94. The molecule has 3 aromatic carbocycles. The van der Waals surface area contributed by atoms with Gasteiger partial charge in [0.25, 0.3) is 0 Å². The maximum Gasteiger partial charge on any atom is 0.417 e. The number of ether oxygens (including phenoxy) is 1. The number of carboxylic acid groups (broad SMARTS) is 1. The molecule has 2 aliphatic carbocycles. The first-order chi connectivity index (χ1) is 19.8. The van der Waals surface area contributed by atoms with E-state index in [-0.39, 0.29) is 45.9 Å². The summed E-state index contributed by atoms with van der Waals surface area (Å²) in [7, 11) is -3.37. The van der Waals surface area contributed by atoms with E-state index in [1.807, 2.05) is 0 Å². The quantitative estimate of drug-likeness (QED) is 0.244. The molecular weight excluding hydrogens is 574 g/mol. The van der Waals surface area contributed by atoms with Crippen LogP contribution in [-0.2, 0) is 33.8 Å². The van der Waals surface area contributed by atoms with Crippen molar-refractivity contribution >= 4 is 15.8 Å². The number of nitrogens with zero attached hydrogens (tertiary/aromatic N) is 1. The van der Waals surface area contributed by atoms with Crippen molar-refractivity contribution in [3.8, 4) is 28.1 Å². The first-order valence-corrected chi connectivity index (χ1v) is 14.9. The highest BCUT2D eigenvalue weighted by atomic mass is 32.2. The number of rotatable bonds is 7. The highest BCUT2D eigenvalue weighted by Crippen LogP contribution is 2.61. The minimum absolute atomic E-state index is 0.0303. The van der Waals surface area contributed by atoms with Gasteiger partial charge in [-0.05, 0) is 70.0 Å². The lowest BCUT2D eigenvalue weighted by molar-refractivity contribution is -0.139. The first kappa shape index (κ1) is 27.9. The minimum atomic E-state index is -4.81. The Kier molecular flexibility index (Phi) is 6.60. The van der Waals surface area contributed by atoms with Crippen molar-refractivity contribution in [2.24, 2.45) is 11.8 Å². The molecule has 0 radical (unpaired) electrons. The summed E-state index contributed by atoms with van der Waals surface area (Å²) in [5.41, 5.74) is 1.88. The van der Waals surface area contributed by atoms with Crippen molar-refractivity contribution in [1.29, 1.82) is 0 Å². The Morgan fingerprint density at radius 1 is 1.00 bits per heavy atom. The number of alkyl halides is 3. The van der Waals surface area contributed by atoms with E-state index in [1.165, 1.54) is 24.3 Å². The molecule has 0 aliphatic heterocycles. The summed E-state index contributed by atoms with van der Waals surface area (Å²) >= 11 is 0. The number of benzene rings is 3. The fraction of sp³-hybridized carbons (Fsp3) is 0.226. The van der Waals surface area contributed by atoms with E-state index in [0.717, 1.165) is 23.4 Å². The molecular formula is C31H23F4NO5S. The van der Waals surface area contributed by atoms with Gasteiger partial charge in [0.1, 0.15) is 12.4 Å². The van der Waals surface area contributed by atoms with E-state index in [1.54, 1.807) is 36.5 Å². The molecule has 4 aromatic rings. The SMILES string of the molecule is CS(=O)(=O)c1ccc(-c2ccc(-c3cc(COc4cc5c(cn4)[C@H]4[C@@H](C5)[C@@H]4C(=O)O)c(F)cc3C(F)(F)F)cc2)cc1. The molecule has 0 amide bonds. The number of sulfone groups is 1. The third-order valence-electron chi connectivity index (χ3n) is 7.95. The molecule has 1 fully saturated rings. The lowest BCUT2D eigenvalue weighted by Gasteiger charge is -2.17.